The van der Waals surface area contributed by atoms with Gasteiger partial charge in [-0.05, 0) is 42.4 Å². The summed E-state index contributed by atoms with van der Waals surface area (Å²) in [5.41, 5.74) is 0.708. The Bertz CT molecular complexity index is 825. The predicted octanol–water partition coefficient (Wildman–Crippen LogP) is 4.59. The Morgan fingerprint density at radius 1 is 0.719 bits per heavy atom. The van der Waals surface area contributed by atoms with Crippen LogP contribution in [0, 0.1) is 0 Å². The number of esters is 3. The van der Waals surface area contributed by atoms with Gasteiger partial charge in [0.2, 0.25) is 12.6 Å². The van der Waals surface area contributed by atoms with E-state index in [2.05, 4.69) is 0 Å². The highest BCUT2D eigenvalue weighted by atomic mass is 32.2. The Kier molecular flexibility index (Phi) is 10.3. The van der Waals surface area contributed by atoms with Crippen LogP contribution in [0.3, 0.4) is 0 Å². The largest absolute Gasteiger partial charge is 0.425 e. The summed E-state index contributed by atoms with van der Waals surface area (Å²) in [6.45, 7) is 2.89. The summed E-state index contributed by atoms with van der Waals surface area (Å²) in [7, 11) is 0. The first kappa shape index (κ1) is 24.9. The molecule has 0 bridgehead atoms. The van der Waals surface area contributed by atoms with Gasteiger partial charge < -0.3 is 18.9 Å². The van der Waals surface area contributed by atoms with Gasteiger partial charge in [0, 0.05) is 26.0 Å². The van der Waals surface area contributed by atoms with Gasteiger partial charge in [-0.15, -0.1) is 0 Å². The molecule has 2 atom stereocenters. The zero-order chi connectivity index (χ0) is 23.3. The van der Waals surface area contributed by atoms with E-state index in [0.717, 1.165) is 11.8 Å². The minimum Gasteiger partial charge on any atom is -0.425 e. The number of carbonyl (C=O) groups is 4. The molecule has 0 heterocycles. The number of hydrogen-bond acceptors (Lipinski definition) is 9. The van der Waals surface area contributed by atoms with E-state index in [1.165, 1.54) is 13.8 Å². The molecule has 8 nitrogen and oxygen atoms in total. The average Bonchev–Trinajstić information content (AvgIpc) is 2.77. The van der Waals surface area contributed by atoms with Crippen LogP contribution in [0.1, 0.15) is 47.4 Å². The van der Waals surface area contributed by atoms with Gasteiger partial charge in [-0.1, -0.05) is 36.4 Å². The second-order valence-electron chi connectivity index (χ2n) is 6.49. The SMILES string of the molecule is C[C@H](OC(=O)CCCSC(=O)O[C@@H](C)OC(=O)c1ccccc1)OC(=O)c1ccccc1. The van der Waals surface area contributed by atoms with E-state index in [-0.39, 0.29) is 6.42 Å². The van der Waals surface area contributed by atoms with Crippen LogP contribution in [0.2, 0.25) is 0 Å². The lowest BCUT2D eigenvalue weighted by Gasteiger charge is -2.14. The maximum Gasteiger partial charge on any atom is 0.370 e. The van der Waals surface area contributed by atoms with Crippen molar-refractivity contribution in [1.29, 1.82) is 0 Å². The third-order valence-electron chi connectivity index (χ3n) is 3.87. The molecular weight excluding hydrogens is 436 g/mol. The Morgan fingerprint density at radius 2 is 1.19 bits per heavy atom. The molecule has 0 spiro atoms. The molecule has 2 rings (SSSR count). The zero-order valence-corrected chi connectivity index (χ0v) is 18.5. The van der Waals surface area contributed by atoms with Crippen molar-refractivity contribution in [3.8, 4) is 0 Å². The van der Waals surface area contributed by atoms with Crippen molar-refractivity contribution in [2.45, 2.75) is 39.3 Å². The lowest BCUT2D eigenvalue weighted by atomic mass is 10.2. The average molecular weight is 461 g/mol. The molecule has 0 amide bonds. The number of benzene rings is 2. The molecule has 170 valence electrons. The molecule has 0 N–H and O–H groups in total. The van der Waals surface area contributed by atoms with Gasteiger partial charge in [0.05, 0.1) is 11.1 Å². The van der Waals surface area contributed by atoms with Crippen LogP contribution < -0.4 is 0 Å². The summed E-state index contributed by atoms with van der Waals surface area (Å²) in [5, 5.41) is -0.628. The Balaban J connectivity index is 1.58. The second kappa shape index (κ2) is 13.2. The van der Waals surface area contributed by atoms with Crippen LogP contribution >= 0.6 is 11.8 Å². The van der Waals surface area contributed by atoms with Crippen molar-refractivity contribution in [3.63, 3.8) is 0 Å². The lowest BCUT2D eigenvalue weighted by molar-refractivity contribution is -0.165. The summed E-state index contributed by atoms with van der Waals surface area (Å²) >= 11 is 0.851. The van der Waals surface area contributed by atoms with Crippen LogP contribution in [-0.2, 0) is 23.7 Å². The molecule has 2 aromatic carbocycles. The van der Waals surface area contributed by atoms with Crippen LogP contribution in [0.5, 0.6) is 0 Å². The predicted molar refractivity (Wildman–Crippen MR) is 117 cm³/mol. The van der Waals surface area contributed by atoms with Gasteiger partial charge in [0.15, 0.2) is 0 Å². The Hall–Kier alpha value is -3.33. The van der Waals surface area contributed by atoms with Crippen LogP contribution in [0.4, 0.5) is 4.79 Å². The molecule has 0 aliphatic carbocycles. The first-order valence-electron chi connectivity index (χ1n) is 9.90. The van der Waals surface area contributed by atoms with Crippen molar-refractivity contribution >= 4 is 35.0 Å². The fraction of sp³-hybridized carbons (Fsp3) is 0.304. The van der Waals surface area contributed by atoms with Crippen LogP contribution in [0.25, 0.3) is 0 Å². The summed E-state index contributed by atoms with van der Waals surface area (Å²) < 4.78 is 20.1. The fourth-order valence-corrected chi connectivity index (χ4v) is 3.08. The van der Waals surface area contributed by atoms with Crippen molar-refractivity contribution in [2.24, 2.45) is 0 Å². The maximum absolute atomic E-state index is 11.9. The van der Waals surface area contributed by atoms with Crippen molar-refractivity contribution in [1.82, 2.24) is 0 Å². The number of thioether (sulfide) groups is 1. The van der Waals surface area contributed by atoms with E-state index >= 15 is 0 Å². The van der Waals surface area contributed by atoms with Crippen LogP contribution in [0.15, 0.2) is 60.7 Å². The quantitative estimate of drug-likeness (QED) is 0.286. The van der Waals surface area contributed by atoms with Crippen molar-refractivity contribution in [2.75, 3.05) is 5.75 Å². The zero-order valence-electron chi connectivity index (χ0n) is 17.7. The summed E-state index contributed by atoms with van der Waals surface area (Å²) in [4.78, 5) is 47.5. The van der Waals surface area contributed by atoms with E-state index in [1.807, 2.05) is 0 Å². The van der Waals surface area contributed by atoms with Gasteiger partial charge >= 0.3 is 23.2 Å². The standard InChI is InChI=1S/C23H24O8S/c1-16(29-21(25)18-10-5-3-6-11-18)28-20(24)14-9-15-32-23(27)31-17(2)30-22(26)19-12-7-4-8-13-19/h3-8,10-13,16-17H,9,14-15H2,1-2H3/t16-,17+/m1/s1. The van der Waals surface area contributed by atoms with E-state index in [4.69, 9.17) is 18.9 Å². The maximum atomic E-state index is 11.9. The molecule has 0 unspecified atom stereocenters. The fourth-order valence-electron chi connectivity index (χ4n) is 2.42. The normalized spacial score (nSPS) is 12.2. The van der Waals surface area contributed by atoms with E-state index in [9.17, 15) is 19.2 Å². The summed E-state index contributed by atoms with van der Waals surface area (Å²) in [5.74, 6) is -1.45. The Morgan fingerprint density at radius 3 is 1.69 bits per heavy atom. The third-order valence-corrected chi connectivity index (χ3v) is 4.69. The van der Waals surface area contributed by atoms with Gasteiger partial charge in [-0.3, -0.25) is 4.79 Å². The van der Waals surface area contributed by atoms with E-state index in [0.29, 0.717) is 23.3 Å². The van der Waals surface area contributed by atoms with Gasteiger partial charge in [-0.2, -0.15) is 0 Å². The monoisotopic (exact) mass is 460 g/mol. The number of carbonyl (C=O) groups excluding carboxylic acids is 4. The second-order valence-corrected chi connectivity index (χ2v) is 7.52. The van der Waals surface area contributed by atoms with Crippen molar-refractivity contribution < 1.29 is 38.1 Å². The molecule has 32 heavy (non-hydrogen) atoms. The summed E-state index contributed by atoms with van der Waals surface area (Å²) in [6.07, 6.45) is -1.71. The minimum atomic E-state index is -1.05. The molecule has 2 aromatic rings. The first-order valence-corrected chi connectivity index (χ1v) is 10.9. The molecule has 0 radical (unpaired) electrons. The summed E-state index contributed by atoms with van der Waals surface area (Å²) in [6, 6.07) is 16.7. The van der Waals surface area contributed by atoms with Gasteiger partial charge in [0.1, 0.15) is 0 Å². The first-order chi connectivity index (χ1) is 15.3. The molecule has 0 saturated carbocycles. The third kappa shape index (κ3) is 9.22. The van der Waals surface area contributed by atoms with E-state index in [1.54, 1.807) is 60.7 Å². The molecule has 0 aliphatic heterocycles. The topological polar surface area (TPSA) is 105 Å². The molecule has 0 aromatic heterocycles. The van der Waals surface area contributed by atoms with Gasteiger partial charge in [0.25, 0.3) is 0 Å². The smallest absolute Gasteiger partial charge is 0.370 e. The molecule has 0 saturated heterocycles. The minimum absolute atomic E-state index is 0.0338. The van der Waals surface area contributed by atoms with Crippen molar-refractivity contribution in [3.05, 3.63) is 71.8 Å². The van der Waals surface area contributed by atoms with Gasteiger partial charge in [-0.25, -0.2) is 14.4 Å². The Labute approximate surface area is 190 Å². The number of rotatable bonds is 10. The lowest BCUT2D eigenvalue weighted by Crippen LogP contribution is -2.22. The highest BCUT2D eigenvalue weighted by Crippen LogP contribution is 2.13. The number of ether oxygens (including phenoxy) is 4. The molecular formula is C23H24O8S. The number of hydrogen-bond donors (Lipinski definition) is 0. The van der Waals surface area contributed by atoms with E-state index < -0.39 is 35.8 Å². The molecule has 0 aliphatic rings. The highest BCUT2D eigenvalue weighted by Gasteiger charge is 2.17. The molecule has 9 heteroatoms. The highest BCUT2D eigenvalue weighted by molar-refractivity contribution is 8.13. The van der Waals surface area contributed by atoms with Crippen LogP contribution in [-0.4, -0.2) is 41.5 Å². The molecule has 0 fully saturated rings.